The molecule has 0 radical (unpaired) electrons. The Morgan fingerprint density at radius 1 is 1.12 bits per heavy atom. The van der Waals surface area contributed by atoms with Crippen molar-refractivity contribution in [3.05, 3.63) is 70.9 Å². The van der Waals surface area contributed by atoms with Crippen LogP contribution in [0.15, 0.2) is 48.7 Å². The van der Waals surface area contributed by atoms with E-state index < -0.39 is 5.97 Å². The van der Waals surface area contributed by atoms with Crippen LogP contribution >= 0.6 is 0 Å². The Morgan fingerprint density at radius 2 is 1.94 bits per heavy atom. The highest BCUT2D eigenvalue weighted by molar-refractivity contribution is 6.09. The molecule has 3 aromatic rings. The second-order valence-electron chi connectivity index (χ2n) is 8.64. The molecule has 2 aliphatic rings. The number of pyridine rings is 1. The first kappa shape index (κ1) is 21.0. The molecule has 168 valence electrons. The Balaban J connectivity index is 1.58. The Hall–Kier alpha value is -3.87. The summed E-state index contributed by atoms with van der Waals surface area (Å²) in [4.78, 5) is 31.0. The molecule has 0 atom stereocenters. The molecule has 0 saturated heterocycles. The Kier molecular flexibility index (Phi) is 5.24. The number of nitrogen functional groups attached to an aromatic ring is 2. The minimum atomic E-state index is -0.402. The van der Waals surface area contributed by atoms with Crippen molar-refractivity contribution < 1.29 is 14.3 Å². The van der Waals surface area contributed by atoms with Gasteiger partial charge in [-0.25, -0.2) is 4.98 Å². The van der Waals surface area contributed by atoms with Crippen molar-refractivity contribution in [1.82, 2.24) is 4.98 Å². The number of anilines is 3. The molecule has 7 heteroatoms. The van der Waals surface area contributed by atoms with Crippen LogP contribution in [0.4, 0.5) is 17.2 Å². The molecule has 1 saturated carbocycles. The van der Waals surface area contributed by atoms with Crippen molar-refractivity contribution in [3.8, 4) is 11.1 Å². The van der Waals surface area contributed by atoms with E-state index in [-0.39, 0.29) is 18.3 Å². The van der Waals surface area contributed by atoms with E-state index in [0.29, 0.717) is 35.0 Å². The summed E-state index contributed by atoms with van der Waals surface area (Å²) in [5.41, 5.74) is 18.5. The Morgan fingerprint density at radius 3 is 2.70 bits per heavy atom. The molecule has 1 fully saturated rings. The fourth-order valence-corrected chi connectivity index (χ4v) is 4.54. The average molecular weight is 443 g/mol. The summed E-state index contributed by atoms with van der Waals surface area (Å²) in [5, 5.41) is 0. The van der Waals surface area contributed by atoms with Crippen molar-refractivity contribution in [2.24, 2.45) is 0 Å². The number of aromatic nitrogens is 1. The second kappa shape index (κ2) is 8.24. The van der Waals surface area contributed by atoms with Gasteiger partial charge in [-0.3, -0.25) is 9.59 Å². The molecule has 0 unspecified atom stereocenters. The topological polar surface area (TPSA) is 112 Å². The van der Waals surface area contributed by atoms with Crippen LogP contribution in [-0.4, -0.2) is 23.4 Å². The predicted octanol–water partition coefficient (Wildman–Crippen LogP) is 4.06. The lowest BCUT2D eigenvalue weighted by Gasteiger charge is -2.31. The standard InChI is InChI=1S/C26H26N4O3/c1-15(31)33-14-22-20(21-9-11-29-25(28)24(21)27)3-2-4-23(22)30-12-10-18-13-17(16-5-6-16)7-8-19(18)26(30)32/h2-4,7-9,11,13,16H,5-6,10,12,14,27H2,1H3,(H2,28,29). The normalized spacial score (nSPS) is 15.3. The fraction of sp³-hybridized carbons (Fsp3) is 0.269. The highest BCUT2D eigenvalue weighted by Gasteiger charge is 2.30. The lowest BCUT2D eigenvalue weighted by molar-refractivity contribution is -0.142. The summed E-state index contributed by atoms with van der Waals surface area (Å²) >= 11 is 0. The van der Waals surface area contributed by atoms with E-state index in [1.54, 1.807) is 17.2 Å². The molecule has 0 spiro atoms. The number of carbonyl (C=O) groups excluding carboxylic acids is 2. The summed E-state index contributed by atoms with van der Waals surface area (Å²) in [6.07, 6.45) is 4.81. The van der Waals surface area contributed by atoms with E-state index in [2.05, 4.69) is 17.1 Å². The van der Waals surface area contributed by atoms with Crippen LogP contribution in [0.1, 0.15) is 52.7 Å². The van der Waals surface area contributed by atoms with Gasteiger partial charge < -0.3 is 21.1 Å². The second-order valence-corrected chi connectivity index (χ2v) is 8.64. The lowest BCUT2D eigenvalue weighted by Crippen LogP contribution is -2.38. The number of nitrogens with zero attached hydrogens (tertiary/aromatic N) is 2. The van der Waals surface area contributed by atoms with Gasteiger partial charge in [0, 0.05) is 36.4 Å². The van der Waals surface area contributed by atoms with Gasteiger partial charge in [0.05, 0.1) is 11.4 Å². The third-order valence-electron chi connectivity index (χ3n) is 6.43. The summed E-state index contributed by atoms with van der Waals surface area (Å²) in [6.45, 7) is 1.92. The molecule has 1 amide bonds. The maximum Gasteiger partial charge on any atom is 0.302 e. The minimum absolute atomic E-state index is 0.0137. The monoisotopic (exact) mass is 442 g/mol. The highest BCUT2D eigenvalue weighted by Crippen LogP contribution is 2.42. The van der Waals surface area contributed by atoms with Gasteiger partial charge in [0.15, 0.2) is 0 Å². The number of ether oxygens (including phenoxy) is 1. The fourth-order valence-electron chi connectivity index (χ4n) is 4.54. The van der Waals surface area contributed by atoms with Crippen LogP contribution in [0, 0.1) is 0 Å². The molecular formula is C26H26N4O3. The third kappa shape index (κ3) is 3.91. The van der Waals surface area contributed by atoms with E-state index in [4.69, 9.17) is 16.2 Å². The van der Waals surface area contributed by atoms with Gasteiger partial charge >= 0.3 is 5.97 Å². The molecule has 33 heavy (non-hydrogen) atoms. The molecule has 1 aliphatic carbocycles. The molecule has 7 nitrogen and oxygen atoms in total. The van der Waals surface area contributed by atoms with Crippen LogP contribution in [-0.2, 0) is 22.6 Å². The number of rotatable bonds is 5. The van der Waals surface area contributed by atoms with Crippen LogP contribution in [0.3, 0.4) is 0 Å². The van der Waals surface area contributed by atoms with Crippen molar-refractivity contribution >= 4 is 29.1 Å². The summed E-state index contributed by atoms with van der Waals surface area (Å²) in [7, 11) is 0. The summed E-state index contributed by atoms with van der Waals surface area (Å²) in [6, 6.07) is 13.6. The predicted molar refractivity (Wildman–Crippen MR) is 128 cm³/mol. The average Bonchev–Trinajstić information content (AvgIpc) is 3.65. The SMILES string of the molecule is CC(=O)OCc1c(-c2ccnc(N)c2N)cccc1N1CCc2cc(C3CC3)ccc2C1=O. The van der Waals surface area contributed by atoms with E-state index in [0.717, 1.165) is 23.1 Å². The number of benzene rings is 2. The zero-order chi connectivity index (χ0) is 23.1. The molecule has 4 N–H and O–H groups in total. The summed E-state index contributed by atoms with van der Waals surface area (Å²) in [5.74, 6) is 0.419. The van der Waals surface area contributed by atoms with Gasteiger partial charge in [-0.1, -0.05) is 24.3 Å². The lowest BCUT2D eigenvalue weighted by atomic mass is 9.93. The molecule has 2 aromatic carbocycles. The first-order valence-corrected chi connectivity index (χ1v) is 11.1. The molecular weight excluding hydrogens is 416 g/mol. The van der Waals surface area contributed by atoms with Gasteiger partial charge in [0.2, 0.25) is 0 Å². The maximum atomic E-state index is 13.5. The number of nitrogens with two attached hydrogens (primary N) is 2. The molecule has 1 aliphatic heterocycles. The zero-order valence-electron chi connectivity index (χ0n) is 18.5. The zero-order valence-corrected chi connectivity index (χ0v) is 18.5. The maximum absolute atomic E-state index is 13.5. The van der Waals surface area contributed by atoms with E-state index in [1.807, 2.05) is 24.3 Å². The Labute approximate surface area is 192 Å². The number of esters is 1. The van der Waals surface area contributed by atoms with E-state index in [1.165, 1.54) is 25.3 Å². The van der Waals surface area contributed by atoms with Crippen molar-refractivity contribution in [3.63, 3.8) is 0 Å². The Bertz CT molecular complexity index is 1270. The first-order chi connectivity index (χ1) is 15.9. The number of fused-ring (bicyclic) bond motifs is 1. The molecule has 5 rings (SSSR count). The van der Waals surface area contributed by atoms with Crippen molar-refractivity contribution in [1.29, 1.82) is 0 Å². The quantitative estimate of drug-likeness (QED) is 0.577. The van der Waals surface area contributed by atoms with Gasteiger partial charge in [0.25, 0.3) is 5.91 Å². The minimum Gasteiger partial charge on any atom is -0.461 e. The first-order valence-electron chi connectivity index (χ1n) is 11.1. The van der Waals surface area contributed by atoms with Crippen LogP contribution in [0.5, 0.6) is 0 Å². The van der Waals surface area contributed by atoms with Gasteiger partial charge in [0.1, 0.15) is 12.4 Å². The van der Waals surface area contributed by atoms with Gasteiger partial charge in [-0.15, -0.1) is 0 Å². The third-order valence-corrected chi connectivity index (χ3v) is 6.43. The molecule has 1 aromatic heterocycles. The van der Waals surface area contributed by atoms with E-state index >= 15 is 0 Å². The van der Waals surface area contributed by atoms with Crippen LogP contribution < -0.4 is 16.4 Å². The van der Waals surface area contributed by atoms with E-state index in [9.17, 15) is 9.59 Å². The smallest absolute Gasteiger partial charge is 0.302 e. The number of hydrogen-bond acceptors (Lipinski definition) is 6. The van der Waals surface area contributed by atoms with Crippen LogP contribution in [0.2, 0.25) is 0 Å². The largest absolute Gasteiger partial charge is 0.461 e. The number of hydrogen-bond donors (Lipinski definition) is 2. The summed E-state index contributed by atoms with van der Waals surface area (Å²) < 4.78 is 5.38. The van der Waals surface area contributed by atoms with Gasteiger partial charge in [-0.2, -0.15) is 0 Å². The molecule has 0 bridgehead atoms. The van der Waals surface area contributed by atoms with Crippen molar-refractivity contribution in [2.45, 2.75) is 38.7 Å². The molecule has 2 heterocycles. The highest BCUT2D eigenvalue weighted by atomic mass is 16.5. The number of amides is 1. The number of carbonyl (C=O) groups is 2. The van der Waals surface area contributed by atoms with Crippen molar-refractivity contribution in [2.75, 3.05) is 22.9 Å². The van der Waals surface area contributed by atoms with Crippen LogP contribution in [0.25, 0.3) is 11.1 Å². The van der Waals surface area contributed by atoms with Gasteiger partial charge in [-0.05, 0) is 60.1 Å².